The number of hydrogen-bond acceptors (Lipinski definition) is 4. The van der Waals surface area contributed by atoms with Crippen LogP contribution >= 0.6 is 0 Å². The highest BCUT2D eigenvalue weighted by molar-refractivity contribution is 5.81. The van der Waals surface area contributed by atoms with Crippen molar-refractivity contribution in [1.29, 1.82) is 0 Å². The second kappa shape index (κ2) is 6.33. The summed E-state index contributed by atoms with van der Waals surface area (Å²) in [6, 6.07) is 13.3. The van der Waals surface area contributed by atoms with Crippen LogP contribution in [0.4, 0.5) is 5.69 Å². The predicted molar refractivity (Wildman–Crippen MR) is 101 cm³/mol. The summed E-state index contributed by atoms with van der Waals surface area (Å²) in [4.78, 5) is 20.5. The number of hydrogen-bond donors (Lipinski definition) is 1. The number of anilines is 1. The third-order valence-corrected chi connectivity index (χ3v) is 4.88. The van der Waals surface area contributed by atoms with Crippen LogP contribution in [0.5, 0.6) is 0 Å². The Bertz CT molecular complexity index is 987. The Kier molecular flexibility index (Phi) is 4.01. The van der Waals surface area contributed by atoms with Gasteiger partial charge in [-0.25, -0.2) is 4.98 Å². The molecular formula is C20H22N4O. The average Bonchev–Trinajstić information content (AvgIpc) is 3.10. The molecule has 0 amide bonds. The van der Waals surface area contributed by atoms with E-state index in [0.29, 0.717) is 23.1 Å². The van der Waals surface area contributed by atoms with E-state index in [1.807, 2.05) is 37.3 Å². The summed E-state index contributed by atoms with van der Waals surface area (Å²) >= 11 is 0. The lowest BCUT2D eigenvalue weighted by molar-refractivity contribution is 0.319. The summed E-state index contributed by atoms with van der Waals surface area (Å²) in [7, 11) is 0. The fourth-order valence-corrected chi connectivity index (χ4v) is 3.56. The zero-order chi connectivity index (χ0) is 17.4. The number of nitrogens with two attached hydrogens (primary N) is 1. The molecule has 1 aliphatic heterocycles. The molecule has 2 N–H and O–H groups in total. The lowest BCUT2D eigenvalue weighted by Crippen LogP contribution is -2.29. The van der Waals surface area contributed by atoms with E-state index in [4.69, 9.17) is 10.7 Å². The van der Waals surface area contributed by atoms with Gasteiger partial charge in [0.05, 0.1) is 23.1 Å². The van der Waals surface area contributed by atoms with Gasteiger partial charge in [0, 0.05) is 5.69 Å². The number of aryl methyl sites for hydroxylation is 1. The topological polar surface area (TPSA) is 64.2 Å². The van der Waals surface area contributed by atoms with E-state index >= 15 is 0 Å². The van der Waals surface area contributed by atoms with Gasteiger partial charge in [0.15, 0.2) is 0 Å². The number of nitrogens with zero attached hydrogens (tertiary/aromatic N) is 3. The molecule has 2 aromatic carbocycles. The minimum absolute atomic E-state index is 0.0548. The number of para-hydroxylation sites is 1. The first-order valence-electron chi connectivity index (χ1n) is 8.73. The molecule has 2 heterocycles. The van der Waals surface area contributed by atoms with E-state index in [9.17, 15) is 4.79 Å². The van der Waals surface area contributed by atoms with Gasteiger partial charge in [0.1, 0.15) is 5.82 Å². The quantitative estimate of drug-likeness (QED) is 0.748. The van der Waals surface area contributed by atoms with Crippen LogP contribution in [0.1, 0.15) is 24.2 Å². The van der Waals surface area contributed by atoms with E-state index in [1.54, 1.807) is 16.7 Å². The monoisotopic (exact) mass is 334 g/mol. The highest BCUT2D eigenvalue weighted by atomic mass is 16.1. The van der Waals surface area contributed by atoms with E-state index in [1.165, 1.54) is 12.8 Å². The van der Waals surface area contributed by atoms with E-state index in [-0.39, 0.29) is 5.56 Å². The van der Waals surface area contributed by atoms with Gasteiger partial charge in [0.2, 0.25) is 0 Å². The molecule has 4 rings (SSSR count). The van der Waals surface area contributed by atoms with Crippen molar-refractivity contribution in [2.24, 2.45) is 0 Å². The molecule has 25 heavy (non-hydrogen) atoms. The van der Waals surface area contributed by atoms with Gasteiger partial charge in [-0.15, -0.1) is 0 Å². The smallest absolute Gasteiger partial charge is 0.266 e. The third kappa shape index (κ3) is 2.91. The summed E-state index contributed by atoms with van der Waals surface area (Å²) in [5.41, 5.74) is 9.07. The Morgan fingerprint density at radius 1 is 1.12 bits per heavy atom. The highest BCUT2D eigenvalue weighted by Crippen LogP contribution is 2.20. The fourth-order valence-electron chi connectivity index (χ4n) is 3.56. The Morgan fingerprint density at radius 3 is 2.64 bits per heavy atom. The largest absolute Gasteiger partial charge is 0.399 e. The molecule has 0 saturated carbocycles. The van der Waals surface area contributed by atoms with Crippen molar-refractivity contribution in [3.8, 4) is 5.69 Å². The van der Waals surface area contributed by atoms with E-state index in [2.05, 4.69) is 4.90 Å². The normalized spacial score (nSPS) is 15.1. The average molecular weight is 334 g/mol. The van der Waals surface area contributed by atoms with Crippen molar-refractivity contribution in [3.05, 3.63) is 64.2 Å². The summed E-state index contributed by atoms with van der Waals surface area (Å²) in [6.07, 6.45) is 2.41. The van der Waals surface area contributed by atoms with Gasteiger partial charge in [0.25, 0.3) is 5.56 Å². The number of nitrogen functional groups attached to an aromatic ring is 1. The summed E-state index contributed by atoms with van der Waals surface area (Å²) in [6.45, 7) is 4.82. The van der Waals surface area contributed by atoms with E-state index in [0.717, 1.165) is 30.2 Å². The molecule has 0 aliphatic carbocycles. The van der Waals surface area contributed by atoms with Crippen LogP contribution in [0, 0.1) is 6.92 Å². The van der Waals surface area contributed by atoms with Gasteiger partial charge in [-0.3, -0.25) is 14.3 Å². The minimum atomic E-state index is -0.0548. The van der Waals surface area contributed by atoms with Gasteiger partial charge in [-0.05, 0) is 62.7 Å². The third-order valence-electron chi connectivity index (χ3n) is 4.88. The van der Waals surface area contributed by atoms with Crippen molar-refractivity contribution >= 4 is 16.6 Å². The van der Waals surface area contributed by atoms with Crippen LogP contribution in [0.3, 0.4) is 0 Å². The number of benzene rings is 2. The SMILES string of the molecule is Cc1ccccc1-n1c(CN2CCCC2)nc2ccc(N)cc2c1=O. The standard InChI is InChI=1S/C20H22N4O/c1-14-6-2-3-7-18(14)24-19(13-23-10-4-5-11-23)22-17-9-8-15(21)12-16(17)20(24)25/h2-3,6-9,12H,4-5,10-11,13,21H2,1H3. The number of likely N-dealkylation sites (tertiary alicyclic amines) is 1. The fraction of sp³-hybridized carbons (Fsp3) is 0.300. The van der Waals surface area contributed by atoms with Gasteiger partial charge in [-0.1, -0.05) is 18.2 Å². The minimum Gasteiger partial charge on any atom is -0.399 e. The molecular weight excluding hydrogens is 312 g/mol. The van der Waals surface area contributed by atoms with Crippen molar-refractivity contribution in [1.82, 2.24) is 14.5 Å². The Balaban J connectivity index is 1.97. The van der Waals surface area contributed by atoms with Gasteiger partial charge < -0.3 is 5.73 Å². The number of aromatic nitrogens is 2. The molecule has 0 unspecified atom stereocenters. The second-order valence-electron chi connectivity index (χ2n) is 6.71. The number of rotatable bonds is 3. The molecule has 0 atom stereocenters. The maximum Gasteiger partial charge on any atom is 0.266 e. The molecule has 0 radical (unpaired) electrons. The first kappa shape index (κ1) is 15.8. The van der Waals surface area contributed by atoms with Crippen LogP contribution in [0.2, 0.25) is 0 Å². The molecule has 5 heteroatoms. The molecule has 128 valence electrons. The highest BCUT2D eigenvalue weighted by Gasteiger charge is 2.19. The van der Waals surface area contributed by atoms with Crippen molar-refractivity contribution in [2.45, 2.75) is 26.3 Å². The Morgan fingerprint density at radius 2 is 1.88 bits per heavy atom. The summed E-state index contributed by atoms with van der Waals surface area (Å²) in [5, 5.41) is 0.563. The van der Waals surface area contributed by atoms with Crippen molar-refractivity contribution in [3.63, 3.8) is 0 Å². The van der Waals surface area contributed by atoms with E-state index < -0.39 is 0 Å². The summed E-state index contributed by atoms with van der Waals surface area (Å²) in [5.74, 6) is 0.790. The first-order valence-corrected chi connectivity index (χ1v) is 8.73. The van der Waals surface area contributed by atoms with Crippen LogP contribution in [0.25, 0.3) is 16.6 Å². The second-order valence-corrected chi connectivity index (χ2v) is 6.71. The lowest BCUT2D eigenvalue weighted by atomic mass is 10.1. The maximum atomic E-state index is 13.3. The molecule has 5 nitrogen and oxygen atoms in total. The van der Waals surface area contributed by atoms with Crippen molar-refractivity contribution < 1.29 is 0 Å². The molecule has 3 aromatic rings. The molecule has 0 spiro atoms. The van der Waals surface area contributed by atoms with Crippen LogP contribution < -0.4 is 11.3 Å². The Labute approximate surface area is 146 Å². The summed E-state index contributed by atoms with van der Waals surface area (Å²) < 4.78 is 1.76. The van der Waals surface area contributed by atoms with Gasteiger partial charge >= 0.3 is 0 Å². The molecule has 0 bridgehead atoms. The predicted octanol–water partition coefficient (Wildman–Crippen LogP) is 2.87. The molecule has 1 aromatic heterocycles. The van der Waals surface area contributed by atoms with Crippen LogP contribution in [-0.2, 0) is 6.54 Å². The lowest BCUT2D eigenvalue weighted by Gasteiger charge is -2.20. The molecule has 1 fully saturated rings. The van der Waals surface area contributed by atoms with Crippen molar-refractivity contribution in [2.75, 3.05) is 18.8 Å². The number of fused-ring (bicyclic) bond motifs is 1. The Hall–Kier alpha value is -2.66. The first-order chi connectivity index (χ1) is 12.1. The van der Waals surface area contributed by atoms with Crippen LogP contribution in [-0.4, -0.2) is 27.5 Å². The van der Waals surface area contributed by atoms with Crippen LogP contribution in [0.15, 0.2) is 47.3 Å². The maximum absolute atomic E-state index is 13.3. The zero-order valence-electron chi connectivity index (χ0n) is 14.4. The van der Waals surface area contributed by atoms with Gasteiger partial charge in [-0.2, -0.15) is 0 Å². The molecule has 1 aliphatic rings. The zero-order valence-corrected chi connectivity index (χ0v) is 14.4. The molecule has 1 saturated heterocycles.